The molecular formula is C10H15NO. The fourth-order valence-corrected chi connectivity index (χ4v) is 1.32. The van der Waals surface area contributed by atoms with Crippen LogP contribution >= 0.6 is 0 Å². The zero-order valence-corrected chi connectivity index (χ0v) is 7.83. The van der Waals surface area contributed by atoms with Crippen molar-refractivity contribution in [1.29, 1.82) is 0 Å². The van der Waals surface area contributed by atoms with Gasteiger partial charge >= 0.3 is 0 Å². The summed E-state index contributed by atoms with van der Waals surface area (Å²) in [6.07, 6.45) is 3.59. The summed E-state index contributed by atoms with van der Waals surface area (Å²) in [4.78, 5) is 4.01. The lowest BCUT2D eigenvalue weighted by molar-refractivity contribution is 0.218. The van der Waals surface area contributed by atoms with Crippen molar-refractivity contribution in [3.63, 3.8) is 0 Å². The average molecular weight is 165 g/mol. The Labute approximate surface area is 73.3 Å². The van der Waals surface area contributed by atoms with E-state index in [0.29, 0.717) is 0 Å². The van der Waals surface area contributed by atoms with E-state index >= 15 is 0 Å². The topological polar surface area (TPSA) is 33.1 Å². The molecule has 0 saturated heterocycles. The van der Waals surface area contributed by atoms with Gasteiger partial charge in [-0.3, -0.25) is 4.98 Å². The lowest BCUT2D eigenvalue weighted by atomic mass is 9.84. The van der Waals surface area contributed by atoms with Gasteiger partial charge in [0, 0.05) is 17.8 Å². The first-order valence-electron chi connectivity index (χ1n) is 4.10. The normalized spacial score (nSPS) is 11.7. The van der Waals surface area contributed by atoms with Crippen molar-refractivity contribution < 1.29 is 5.11 Å². The van der Waals surface area contributed by atoms with Crippen LogP contribution in [0.25, 0.3) is 0 Å². The number of nitrogens with zero attached hydrogens (tertiary/aromatic N) is 1. The Morgan fingerprint density at radius 2 is 2.17 bits per heavy atom. The second-order valence-electron chi connectivity index (χ2n) is 3.73. The molecule has 66 valence electrons. The highest BCUT2D eigenvalue weighted by Gasteiger charge is 2.20. The molecule has 1 aromatic rings. The fraction of sp³-hybridized carbons (Fsp3) is 0.500. The lowest BCUT2D eigenvalue weighted by Crippen LogP contribution is -2.23. The molecule has 0 radical (unpaired) electrons. The summed E-state index contributed by atoms with van der Waals surface area (Å²) >= 11 is 0. The minimum atomic E-state index is -0.160. The smallest absolute Gasteiger partial charge is 0.0522 e. The SMILES string of the molecule is Cc1cnccc1C(C)(C)CO. The number of aliphatic hydroxyl groups excluding tert-OH is 1. The van der Waals surface area contributed by atoms with Crippen LogP contribution in [0.15, 0.2) is 18.5 Å². The predicted molar refractivity (Wildman–Crippen MR) is 49.1 cm³/mol. The van der Waals surface area contributed by atoms with Gasteiger partial charge in [-0.05, 0) is 24.1 Å². The Bertz CT molecular complexity index is 268. The van der Waals surface area contributed by atoms with Gasteiger partial charge in [0.1, 0.15) is 0 Å². The summed E-state index contributed by atoms with van der Waals surface area (Å²) in [5.74, 6) is 0. The molecule has 0 aliphatic heterocycles. The van der Waals surface area contributed by atoms with Gasteiger partial charge in [0.05, 0.1) is 6.61 Å². The van der Waals surface area contributed by atoms with Crippen LogP contribution in [0.4, 0.5) is 0 Å². The molecule has 0 aliphatic rings. The molecular weight excluding hydrogens is 150 g/mol. The van der Waals surface area contributed by atoms with Crippen molar-refractivity contribution in [2.75, 3.05) is 6.61 Å². The van der Waals surface area contributed by atoms with Crippen molar-refractivity contribution in [2.45, 2.75) is 26.2 Å². The van der Waals surface area contributed by atoms with E-state index in [2.05, 4.69) is 4.98 Å². The molecule has 0 atom stereocenters. The van der Waals surface area contributed by atoms with Gasteiger partial charge in [0.25, 0.3) is 0 Å². The number of hydrogen-bond donors (Lipinski definition) is 1. The number of aliphatic hydroxyl groups is 1. The molecule has 12 heavy (non-hydrogen) atoms. The van der Waals surface area contributed by atoms with E-state index < -0.39 is 0 Å². The highest BCUT2D eigenvalue weighted by Crippen LogP contribution is 2.24. The Morgan fingerprint density at radius 1 is 1.50 bits per heavy atom. The van der Waals surface area contributed by atoms with Crippen LogP contribution in [0.1, 0.15) is 25.0 Å². The molecule has 1 aromatic heterocycles. The van der Waals surface area contributed by atoms with Crippen molar-refractivity contribution in [3.05, 3.63) is 29.6 Å². The van der Waals surface area contributed by atoms with Crippen LogP contribution in [0.5, 0.6) is 0 Å². The Hall–Kier alpha value is -0.890. The average Bonchev–Trinajstić information content (AvgIpc) is 2.05. The quantitative estimate of drug-likeness (QED) is 0.723. The monoisotopic (exact) mass is 165 g/mol. The summed E-state index contributed by atoms with van der Waals surface area (Å²) in [7, 11) is 0. The van der Waals surface area contributed by atoms with Crippen LogP contribution in [-0.4, -0.2) is 16.7 Å². The molecule has 0 spiro atoms. The highest BCUT2D eigenvalue weighted by molar-refractivity contribution is 5.29. The second-order valence-corrected chi connectivity index (χ2v) is 3.73. The molecule has 0 fully saturated rings. The summed E-state index contributed by atoms with van der Waals surface area (Å²) < 4.78 is 0. The zero-order chi connectivity index (χ0) is 9.19. The maximum absolute atomic E-state index is 9.15. The van der Waals surface area contributed by atoms with E-state index in [1.807, 2.05) is 33.0 Å². The molecule has 2 heteroatoms. The molecule has 1 rings (SSSR count). The van der Waals surface area contributed by atoms with Crippen molar-refractivity contribution in [2.24, 2.45) is 0 Å². The van der Waals surface area contributed by atoms with Gasteiger partial charge < -0.3 is 5.11 Å². The minimum Gasteiger partial charge on any atom is -0.395 e. The maximum Gasteiger partial charge on any atom is 0.0522 e. The van der Waals surface area contributed by atoms with E-state index in [4.69, 9.17) is 5.11 Å². The summed E-state index contributed by atoms with van der Waals surface area (Å²) in [6.45, 7) is 6.22. The third kappa shape index (κ3) is 1.64. The van der Waals surface area contributed by atoms with Gasteiger partial charge in [-0.25, -0.2) is 0 Å². The van der Waals surface area contributed by atoms with Gasteiger partial charge in [-0.2, -0.15) is 0 Å². The van der Waals surface area contributed by atoms with E-state index in [1.54, 1.807) is 6.20 Å². The Kier molecular flexibility index (Phi) is 2.48. The predicted octanol–water partition coefficient (Wildman–Crippen LogP) is 1.66. The Morgan fingerprint density at radius 3 is 2.67 bits per heavy atom. The van der Waals surface area contributed by atoms with Crippen LogP contribution < -0.4 is 0 Å². The number of hydrogen-bond acceptors (Lipinski definition) is 2. The summed E-state index contributed by atoms with van der Waals surface area (Å²) in [5, 5.41) is 9.15. The molecule has 0 aliphatic carbocycles. The van der Waals surface area contributed by atoms with Crippen LogP contribution in [0.2, 0.25) is 0 Å². The molecule has 0 saturated carbocycles. The molecule has 0 aromatic carbocycles. The molecule has 1 heterocycles. The standard InChI is InChI=1S/C10H15NO/c1-8-6-11-5-4-9(8)10(2,3)7-12/h4-6,12H,7H2,1-3H3. The van der Waals surface area contributed by atoms with Crippen LogP contribution in [-0.2, 0) is 5.41 Å². The molecule has 0 amide bonds. The maximum atomic E-state index is 9.15. The van der Waals surface area contributed by atoms with Gasteiger partial charge in [0.15, 0.2) is 0 Å². The minimum absolute atomic E-state index is 0.160. The zero-order valence-electron chi connectivity index (χ0n) is 7.83. The van der Waals surface area contributed by atoms with Crippen molar-refractivity contribution >= 4 is 0 Å². The van der Waals surface area contributed by atoms with E-state index in [9.17, 15) is 0 Å². The van der Waals surface area contributed by atoms with E-state index in [0.717, 1.165) is 5.56 Å². The lowest BCUT2D eigenvalue weighted by Gasteiger charge is -2.23. The fourth-order valence-electron chi connectivity index (χ4n) is 1.32. The third-order valence-electron chi connectivity index (χ3n) is 2.14. The molecule has 0 bridgehead atoms. The number of rotatable bonds is 2. The van der Waals surface area contributed by atoms with Crippen LogP contribution in [0.3, 0.4) is 0 Å². The van der Waals surface area contributed by atoms with E-state index in [1.165, 1.54) is 5.56 Å². The largest absolute Gasteiger partial charge is 0.395 e. The Balaban J connectivity index is 3.10. The van der Waals surface area contributed by atoms with Gasteiger partial charge in [0.2, 0.25) is 0 Å². The molecule has 0 unspecified atom stereocenters. The van der Waals surface area contributed by atoms with Crippen molar-refractivity contribution in [3.8, 4) is 0 Å². The summed E-state index contributed by atoms with van der Waals surface area (Å²) in [5.41, 5.74) is 2.14. The van der Waals surface area contributed by atoms with Crippen LogP contribution in [0, 0.1) is 6.92 Å². The highest BCUT2D eigenvalue weighted by atomic mass is 16.3. The number of pyridine rings is 1. The third-order valence-corrected chi connectivity index (χ3v) is 2.14. The summed E-state index contributed by atoms with van der Waals surface area (Å²) in [6, 6.07) is 1.96. The molecule has 1 N–H and O–H groups in total. The second kappa shape index (κ2) is 3.23. The number of aromatic nitrogens is 1. The van der Waals surface area contributed by atoms with Gasteiger partial charge in [-0.1, -0.05) is 13.8 Å². The first-order chi connectivity index (χ1) is 5.58. The first-order valence-corrected chi connectivity index (χ1v) is 4.10. The first kappa shape index (κ1) is 9.20. The van der Waals surface area contributed by atoms with E-state index in [-0.39, 0.29) is 12.0 Å². The van der Waals surface area contributed by atoms with Gasteiger partial charge in [-0.15, -0.1) is 0 Å². The van der Waals surface area contributed by atoms with Crippen molar-refractivity contribution in [1.82, 2.24) is 4.98 Å². The number of aryl methyl sites for hydroxylation is 1. The molecule has 2 nitrogen and oxygen atoms in total.